The van der Waals surface area contributed by atoms with Crippen LogP contribution in [0.3, 0.4) is 0 Å². The van der Waals surface area contributed by atoms with Crippen LogP contribution in [0.1, 0.15) is 25.7 Å². The summed E-state index contributed by atoms with van der Waals surface area (Å²) in [4.78, 5) is 44.3. The van der Waals surface area contributed by atoms with Crippen LogP contribution in [-0.2, 0) is 23.9 Å². The molecule has 0 aliphatic carbocycles. The van der Waals surface area contributed by atoms with Crippen LogP contribution >= 0.6 is 0 Å². The van der Waals surface area contributed by atoms with Crippen LogP contribution in [0.25, 0.3) is 0 Å². The van der Waals surface area contributed by atoms with E-state index in [2.05, 4.69) is 5.92 Å². The van der Waals surface area contributed by atoms with Crippen LogP contribution in [0.5, 0.6) is 0 Å². The molecule has 0 amide bonds. The van der Waals surface area contributed by atoms with E-state index in [-0.39, 0.29) is 0 Å². The molecule has 0 aromatic heterocycles. The third-order valence-corrected chi connectivity index (χ3v) is 4.06. The topological polar surface area (TPSA) is 158 Å². The maximum absolute atomic E-state index is 11.2. The predicted octanol–water partition coefficient (Wildman–Crippen LogP) is 0.134. The van der Waals surface area contributed by atoms with Gasteiger partial charge >= 0.3 is 23.9 Å². The molecule has 4 N–H and O–H groups in total. The van der Waals surface area contributed by atoms with Gasteiger partial charge in [0.05, 0.1) is 25.4 Å². The van der Waals surface area contributed by atoms with E-state index in [1.54, 1.807) is 0 Å². The Labute approximate surface area is 137 Å². The molecule has 0 spiro atoms. The molecule has 9 heteroatoms. The number of ether oxygens (including phenoxy) is 1. The van der Waals surface area contributed by atoms with Crippen LogP contribution in [-0.4, -0.2) is 56.5 Å². The molecule has 1 rings (SSSR count). The first-order valence-electron chi connectivity index (χ1n) is 7.14. The fourth-order valence-corrected chi connectivity index (χ4v) is 3.19. The highest BCUT2D eigenvalue weighted by molar-refractivity contribution is 5.71. The number of rotatable bonds is 8. The second-order valence-electron chi connectivity index (χ2n) is 5.64. The van der Waals surface area contributed by atoms with E-state index in [0.717, 1.165) is 0 Å². The van der Waals surface area contributed by atoms with Gasteiger partial charge in [0, 0.05) is 12.3 Å². The van der Waals surface area contributed by atoms with E-state index in [1.165, 1.54) is 0 Å². The van der Waals surface area contributed by atoms with Crippen molar-refractivity contribution in [1.82, 2.24) is 0 Å². The summed E-state index contributed by atoms with van der Waals surface area (Å²) >= 11 is 0. The Morgan fingerprint density at radius 1 is 0.750 bits per heavy atom. The number of carboxylic acid groups (broad SMARTS) is 4. The number of carbonyl (C=O) groups is 4. The number of carboxylic acids is 4. The van der Waals surface area contributed by atoms with E-state index in [0.29, 0.717) is 0 Å². The Kier molecular flexibility index (Phi) is 6.73. The van der Waals surface area contributed by atoms with E-state index in [9.17, 15) is 19.2 Å². The standard InChI is InChI=1S/C15H18O9/c1-2-10-8(4-13(18)19)7(3-12(16)17)9(5-14(20)21)11(24-10)6-15(22)23/h1,7-11H,3-6H2,(H,16,17)(H,18,19)(H,20,21)(H,22,23)/t7-,8+,9-,10+,11?/m0/s1. The highest BCUT2D eigenvalue weighted by atomic mass is 16.5. The van der Waals surface area contributed by atoms with Crippen molar-refractivity contribution in [3.8, 4) is 12.3 Å². The predicted molar refractivity (Wildman–Crippen MR) is 77.0 cm³/mol. The van der Waals surface area contributed by atoms with Gasteiger partial charge in [-0.3, -0.25) is 19.2 Å². The molecule has 1 unspecified atom stereocenters. The Hall–Kier alpha value is -2.60. The Bertz CT molecular complexity index is 562. The lowest BCUT2D eigenvalue weighted by Gasteiger charge is -2.44. The molecule has 1 saturated heterocycles. The number of hydrogen-bond donors (Lipinski definition) is 4. The highest BCUT2D eigenvalue weighted by Gasteiger charge is 2.47. The van der Waals surface area contributed by atoms with Crippen LogP contribution < -0.4 is 0 Å². The molecule has 9 nitrogen and oxygen atoms in total. The molecule has 132 valence electrons. The molecular weight excluding hydrogens is 324 g/mol. The van der Waals surface area contributed by atoms with E-state index >= 15 is 0 Å². The van der Waals surface area contributed by atoms with Gasteiger partial charge < -0.3 is 25.2 Å². The van der Waals surface area contributed by atoms with Crippen molar-refractivity contribution in [2.45, 2.75) is 37.9 Å². The molecule has 5 atom stereocenters. The lowest BCUT2D eigenvalue weighted by Crippen LogP contribution is -2.50. The van der Waals surface area contributed by atoms with Crippen molar-refractivity contribution < 1.29 is 44.3 Å². The van der Waals surface area contributed by atoms with E-state index < -0.39 is 79.5 Å². The zero-order chi connectivity index (χ0) is 18.4. The quantitative estimate of drug-likeness (QED) is 0.450. The monoisotopic (exact) mass is 342 g/mol. The molecule has 0 radical (unpaired) electrons. The maximum Gasteiger partial charge on any atom is 0.305 e. The van der Waals surface area contributed by atoms with Crippen molar-refractivity contribution in [3.05, 3.63) is 0 Å². The molecule has 0 aromatic carbocycles. The van der Waals surface area contributed by atoms with Crippen LogP contribution in [0, 0.1) is 30.1 Å². The van der Waals surface area contributed by atoms with Crippen LogP contribution in [0.2, 0.25) is 0 Å². The van der Waals surface area contributed by atoms with Crippen molar-refractivity contribution in [2.24, 2.45) is 17.8 Å². The summed E-state index contributed by atoms with van der Waals surface area (Å²) in [6.07, 6.45) is 1.02. The summed E-state index contributed by atoms with van der Waals surface area (Å²) in [5.41, 5.74) is 0. The van der Waals surface area contributed by atoms with Crippen molar-refractivity contribution in [2.75, 3.05) is 0 Å². The van der Waals surface area contributed by atoms with Gasteiger partial charge in [-0.2, -0.15) is 0 Å². The third kappa shape index (κ3) is 5.24. The summed E-state index contributed by atoms with van der Waals surface area (Å²) in [6, 6.07) is 0. The van der Waals surface area contributed by atoms with Crippen LogP contribution in [0.4, 0.5) is 0 Å². The summed E-state index contributed by atoms with van der Waals surface area (Å²) in [5.74, 6) is -5.59. The summed E-state index contributed by atoms with van der Waals surface area (Å²) in [7, 11) is 0. The summed E-state index contributed by atoms with van der Waals surface area (Å²) in [6.45, 7) is 0. The second-order valence-corrected chi connectivity index (χ2v) is 5.64. The molecule has 1 fully saturated rings. The van der Waals surface area contributed by atoms with Gasteiger partial charge in [-0.05, 0) is 11.8 Å². The fraction of sp³-hybridized carbons (Fsp3) is 0.600. The van der Waals surface area contributed by atoms with Crippen LogP contribution in [0.15, 0.2) is 0 Å². The minimum absolute atomic E-state index is 0.497. The molecule has 24 heavy (non-hydrogen) atoms. The number of terminal acetylenes is 1. The molecule has 1 heterocycles. The number of hydrogen-bond acceptors (Lipinski definition) is 5. The molecule has 0 saturated carbocycles. The van der Waals surface area contributed by atoms with Gasteiger partial charge in [-0.25, -0.2) is 0 Å². The summed E-state index contributed by atoms with van der Waals surface area (Å²) in [5, 5.41) is 36.1. The lowest BCUT2D eigenvalue weighted by molar-refractivity contribution is -0.171. The van der Waals surface area contributed by atoms with Gasteiger partial charge in [0.25, 0.3) is 0 Å². The lowest BCUT2D eigenvalue weighted by atomic mass is 9.69. The summed E-state index contributed by atoms with van der Waals surface area (Å²) < 4.78 is 5.45. The van der Waals surface area contributed by atoms with Gasteiger partial charge in [-0.15, -0.1) is 6.42 Å². The zero-order valence-corrected chi connectivity index (χ0v) is 12.6. The average molecular weight is 342 g/mol. The third-order valence-electron chi connectivity index (χ3n) is 4.06. The Balaban J connectivity index is 3.26. The van der Waals surface area contributed by atoms with Gasteiger partial charge in [-0.1, -0.05) is 5.92 Å². The average Bonchev–Trinajstić information content (AvgIpc) is 2.42. The normalized spacial score (nSPS) is 29.4. The minimum atomic E-state index is -1.26. The fourth-order valence-electron chi connectivity index (χ4n) is 3.19. The van der Waals surface area contributed by atoms with Gasteiger partial charge in [0.1, 0.15) is 6.10 Å². The first kappa shape index (κ1) is 19.4. The van der Waals surface area contributed by atoms with Gasteiger partial charge in [0.15, 0.2) is 0 Å². The first-order valence-corrected chi connectivity index (χ1v) is 7.14. The molecule has 1 aliphatic heterocycles. The maximum atomic E-state index is 11.2. The first-order chi connectivity index (χ1) is 11.1. The molecular formula is C15H18O9. The zero-order valence-electron chi connectivity index (χ0n) is 12.6. The van der Waals surface area contributed by atoms with E-state index in [4.69, 9.17) is 31.6 Å². The second kappa shape index (κ2) is 8.31. The van der Waals surface area contributed by atoms with Crippen molar-refractivity contribution >= 4 is 23.9 Å². The SMILES string of the molecule is C#C[C@H]1OC(CC(=O)O)[C@@H](CC(=O)O)[C@@H](CC(=O)O)[C@H]1CC(=O)O. The molecule has 1 aliphatic rings. The largest absolute Gasteiger partial charge is 0.481 e. The van der Waals surface area contributed by atoms with Gasteiger partial charge in [0.2, 0.25) is 0 Å². The van der Waals surface area contributed by atoms with E-state index in [1.807, 2.05) is 0 Å². The smallest absolute Gasteiger partial charge is 0.305 e. The highest BCUT2D eigenvalue weighted by Crippen LogP contribution is 2.42. The number of aliphatic carboxylic acids is 4. The minimum Gasteiger partial charge on any atom is -0.481 e. The Morgan fingerprint density at radius 3 is 1.58 bits per heavy atom. The van der Waals surface area contributed by atoms with Crippen molar-refractivity contribution in [1.29, 1.82) is 0 Å². The van der Waals surface area contributed by atoms with Crippen molar-refractivity contribution in [3.63, 3.8) is 0 Å². The molecule has 0 bridgehead atoms. The Morgan fingerprint density at radius 2 is 1.17 bits per heavy atom. The molecule has 0 aromatic rings.